The lowest BCUT2D eigenvalue weighted by Gasteiger charge is -2.10. The second-order valence-electron chi connectivity index (χ2n) is 7.71. The Morgan fingerprint density at radius 3 is 2.17 bits per heavy atom. The number of ether oxygens (including phenoxy) is 1. The average Bonchev–Trinajstić information content (AvgIpc) is 2.87. The Morgan fingerprint density at radius 2 is 1.49 bits per heavy atom. The quantitative estimate of drug-likeness (QED) is 0.156. The van der Waals surface area contributed by atoms with Crippen LogP contribution in [0.15, 0.2) is 102 Å². The van der Waals surface area contributed by atoms with Crippen molar-refractivity contribution in [2.75, 3.05) is 0 Å². The van der Waals surface area contributed by atoms with Crippen LogP contribution in [0.3, 0.4) is 0 Å². The zero-order valence-corrected chi connectivity index (χ0v) is 21.7. The lowest BCUT2D eigenvalue weighted by atomic mass is 10.1. The average molecular weight is 540 g/mol. The van der Waals surface area contributed by atoms with E-state index in [1.54, 1.807) is 36.4 Å². The minimum Gasteiger partial charge on any atom is -0.489 e. The van der Waals surface area contributed by atoms with Gasteiger partial charge in [0.15, 0.2) is 5.78 Å². The molecule has 4 aromatic rings. The summed E-state index contributed by atoms with van der Waals surface area (Å²) in [5.74, 6) is 1.21. The Labute approximate surface area is 224 Å². The summed E-state index contributed by atoms with van der Waals surface area (Å²) in [7, 11) is 0. The van der Waals surface area contributed by atoms with Crippen LogP contribution in [0.1, 0.15) is 27.0 Å². The predicted molar refractivity (Wildman–Crippen MR) is 149 cm³/mol. The summed E-state index contributed by atoms with van der Waals surface area (Å²) in [5.41, 5.74) is 3.47. The third kappa shape index (κ3) is 7.39. The van der Waals surface area contributed by atoms with Gasteiger partial charge in [0, 0.05) is 26.4 Å². The molecule has 4 aromatic carbocycles. The Kier molecular flexibility index (Phi) is 8.95. The molecule has 0 aliphatic rings. The van der Waals surface area contributed by atoms with Crippen molar-refractivity contribution in [2.24, 2.45) is 0 Å². The van der Waals surface area contributed by atoms with Gasteiger partial charge in [0.25, 0.3) is 0 Å². The van der Waals surface area contributed by atoms with Gasteiger partial charge in [-0.25, -0.2) is 0 Å². The molecule has 0 saturated carbocycles. The molecular weight excluding hydrogens is 519 g/mol. The fourth-order valence-electron chi connectivity index (χ4n) is 3.26. The lowest BCUT2D eigenvalue weighted by molar-refractivity contribution is 0.104. The van der Waals surface area contributed by atoms with Crippen molar-refractivity contribution in [1.82, 2.24) is 0 Å². The third-order valence-electron chi connectivity index (χ3n) is 5.15. The molecule has 0 N–H and O–H groups in total. The highest BCUT2D eigenvalue weighted by Crippen LogP contribution is 2.31. The number of carbonyl (C=O) groups excluding carboxylic acids is 1. The molecular formula is C29H21Cl3O2S. The van der Waals surface area contributed by atoms with Gasteiger partial charge in [0.05, 0.1) is 4.91 Å². The fraction of sp³-hybridized carbons (Fsp3) is 0.0690. The van der Waals surface area contributed by atoms with E-state index >= 15 is 0 Å². The summed E-state index contributed by atoms with van der Waals surface area (Å²) >= 11 is 19.8. The summed E-state index contributed by atoms with van der Waals surface area (Å²) in [5, 5.41) is 1.73. The van der Waals surface area contributed by atoms with Crippen molar-refractivity contribution >= 4 is 58.4 Å². The normalized spacial score (nSPS) is 11.3. The Hall–Kier alpha value is -2.69. The van der Waals surface area contributed by atoms with E-state index in [2.05, 4.69) is 0 Å². The van der Waals surface area contributed by atoms with E-state index in [4.69, 9.17) is 39.5 Å². The Morgan fingerprint density at radius 1 is 0.800 bits per heavy atom. The minimum atomic E-state index is -0.0823. The van der Waals surface area contributed by atoms with E-state index in [1.165, 1.54) is 11.8 Å². The van der Waals surface area contributed by atoms with Crippen molar-refractivity contribution in [2.45, 2.75) is 12.4 Å². The molecule has 0 heterocycles. The highest BCUT2D eigenvalue weighted by Gasteiger charge is 2.15. The first-order chi connectivity index (χ1) is 17.0. The summed E-state index contributed by atoms with van der Waals surface area (Å²) in [6, 6.07) is 29.9. The molecule has 4 rings (SSSR count). The molecule has 6 heteroatoms. The highest BCUT2D eigenvalue weighted by molar-refractivity contribution is 8.03. The van der Waals surface area contributed by atoms with Crippen LogP contribution < -0.4 is 4.74 Å². The van der Waals surface area contributed by atoms with Gasteiger partial charge >= 0.3 is 0 Å². The molecule has 35 heavy (non-hydrogen) atoms. The molecule has 0 atom stereocenters. The third-order valence-corrected chi connectivity index (χ3v) is 7.06. The van der Waals surface area contributed by atoms with Crippen LogP contribution in [-0.2, 0) is 12.4 Å². The van der Waals surface area contributed by atoms with Gasteiger partial charge in [-0.2, -0.15) is 0 Å². The van der Waals surface area contributed by atoms with Gasteiger partial charge in [-0.1, -0.05) is 83.3 Å². The van der Waals surface area contributed by atoms with Gasteiger partial charge in [-0.05, 0) is 71.3 Å². The highest BCUT2D eigenvalue weighted by atomic mass is 35.5. The van der Waals surface area contributed by atoms with Crippen molar-refractivity contribution in [1.29, 1.82) is 0 Å². The number of Topliss-reactive ketones (excluding diaryl/α,β-unsaturated/α-hetero) is 1. The Bertz CT molecular complexity index is 1320. The number of carbonyl (C=O) groups is 1. The second kappa shape index (κ2) is 12.3. The first-order valence-electron chi connectivity index (χ1n) is 10.8. The molecule has 0 aliphatic carbocycles. The molecule has 0 radical (unpaired) electrons. The second-order valence-corrected chi connectivity index (χ2v) is 10.0. The van der Waals surface area contributed by atoms with Crippen LogP contribution in [0, 0.1) is 0 Å². The molecule has 0 spiro atoms. The number of ketones is 1. The number of benzene rings is 4. The summed E-state index contributed by atoms with van der Waals surface area (Å²) in [6.07, 6.45) is 1.88. The summed E-state index contributed by atoms with van der Waals surface area (Å²) < 4.78 is 5.88. The number of rotatable bonds is 9. The maximum Gasteiger partial charge on any atom is 0.199 e. The standard InChI is InChI=1S/C29H21Cl3O2S/c30-24-11-8-22(9-12-24)29(33)28(35-19-23-10-13-25(31)17-27(23)32)16-20-6-14-26(15-7-20)34-18-21-4-2-1-3-5-21/h1-17H,18-19H2/b28-16+. The number of hydrogen-bond acceptors (Lipinski definition) is 3. The molecule has 0 fully saturated rings. The van der Waals surface area contributed by atoms with Gasteiger partial charge in [-0.3, -0.25) is 4.79 Å². The maximum atomic E-state index is 13.3. The van der Waals surface area contributed by atoms with Gasteiger partial charge < -0.3 is 4.74 Å². The zero-order chi connectivity index (χ0) is 24.6. The molecule has 0 unspecified atom stereocenters. The van der Waals surface area contributed by atoms with Crippen molar-refractivity contribution < 1.29 is 9.53 Å². The summed E-state index contributed by atoms with van der Waals surface area (Å²) in [4.78, 5) is 13.9. The fourth-order valence-corrected chi connectivity index (χ4v) is 4.97. The van der Waals surface area contributed by atoms with Crippen LogP contribution in [0.5, 0.6) is 5.75 Å². The molecule has 2 nitrogen and oxygen atoms in total. The lowest BCUT2D eigenvalue weighted by Crippen LogP contribution is -2.01. The largest absolute Gasteiger partial charge is 0.489 e. The monoisotopic (exact) mass is 538 g/mol. The van der Waals surface area contributed by atoms with Gasteiger partial charge in [-0.15, -0.1) is 11.8 Å². The van der Waals surface area contributed by atoms with E-state index in [0.717, 1.165) is 22.4 Å². The first-order valence-corrected chi connectivity index (χ1v) is 13.0. The molecule has 176 valence electrons. The van der Waals surface area contributed by atoms with Crippen LogP contribution in [-0.4, -0.2) is 5.78 Å². The van der Waals surface area contributed by atoms with E-state index in [-0.39, 0.29) is 5.78 Å². The summed E-state index contributed by atoms with van der Waals surface area (Å²) in [6.45, 7) is 0.494. The molecule has 0 saturated heterocycles. The van der Waals surface area contributed by atoms with Crippen molar-refractivity contribution in [3.8, 4) is 5.75 Å². The number of allylic oxidation sites excluding steroid dienone is 1. The van der Waals surface area contributed by atoms with Crippen LogP contribution in [0.4, 0.5) is 0 Å². The first kappa shape index (κ1) is 25.4. The SMILES string of the molecule is O=C(/C(=C\c1ccc(OCc2ccccc2)cc1)SCc1ccc(Cl)cc1Cl)c1ccc(Cl)cc1. The topological polar surface area (TPSA) is 26.3 Å². The molecule has 0 bridgehead atoms. The molecule has 0 aromatic heterocycles. The van der Waals surface area contributed by atoms with Crippen molar-refractivity contribution in [3.63, 3.8) is 0 Å². The molecule has 0 amide bonds. The maximum absolute atomic E-state index is 13.3. The van der Waals surface area contributed by atoms with E-state index in [9.17, 15) is 4.79 Å². The number of halogens is 3. The van der Waals surface area contributed by atoms with Gasteiger partial charge in [0.2, 0.25) is 0 Å². The zero-order valence-electron chi connectivity index (χ0n) is 18.6. The Balaban J connectivity index is 1.53. The van der Waals surface area contributed by atoms with E-state index < -0.39 is 0 Å². The van der Waals surface area contributed by atoms with E-state index in [0.29, 0.717) is 37.9 Å². The smallest absolute Gasteiger partial charge is 0.199 e. The number of thioether (sulfide) groups is 1. The van der Waals surface area contributed by atoms with Crippen LogP contribution >= 0.6 is 46.6 Å². The van der Waals surface area contributed by atoms with Crippen LogP contribution in [0.25, 0.3) is 6.08 Å². The van der Waals surface area contributed by atoms with Gasteiger partial charge in [0.1, 0.15) is 12.4 Å². The van der Waals surface area contributed by atoms with Crippen molar-refractivity contribution in [3.05, 3.63) is 139 Å². The predicted octanol–water partition coefficient (Wildman–Crippen LogP) is 9.38. The minimum absolute atomic E-state index is 0.0823. The van der Waals surface area contributed by atoms with E-state index in [1.807, 2.05) is 66.7 Å². The molecule has 0 aliphatic heterocycles. The number of hydrogen-bond donors (Lipinski definition) is 0. The van der Waals surface area contributed by atoms with Crippen LogP contribution in [0.2, 0.25) is 15.1 Å².